The molecule has 0 bridgehead atoms. The van der Waals surface area contributed by atoms with Gasteiger partial charge in [-0.15, -0.1) is 0 Å². The molecule has 0 saturated carbocycles. The van der Waals surface area contributed by atoms with Crippen molar-refractivity contribution >= 4 is 12.0 Å². The van der Waals surface area contributed by atoms with Crippen LogP contribution in [0.5, 0.6) is 0 Å². The molecule has 0 atom stereocenters. The highest BCUT2D eigenvalue weighted by atomic mass is 16.5. The van der Waals surface area contributed by atoms with Gasteiger partial charge >= 0.3 is 6.09 Å². The second-order valence-corrected chi connectivity index (χ2v) is 4.20. The summed E-state index contributed by atoms with van der Waals surface area (Å²) in [6, 6.07) is 10.1. The summed E-state index contributed by atoms with van der Waals surface area (Å²) in [5, 5.41) is 5.22. The number of amides is 2. The van der Waals surface area contributed by atoms with Crippen LogP contribution in [0.15, 0.2) is 42.1 Å². The fourth-order valence-corrected chi connectivity index (χ4v) is 1.60. The zero-order chi connectivity index (χ0) is 14.8. The van der Waals surface area contributed by atoms with Crippen LogP contribution < -0.4 is 10.6 Å². The SMILES string of the molecule is CCOC(=O)NC(=O)/C=C(/C)NCCc1ccccc1. The number of carbonyl (C=O) groups is 2. The van der Waals surface area contributed by atoms with E-state index >= 15 is 0 Å². The molecule has 0 aromatic heterocycles. The third kappa shape index (κ3) is 6.58. The number of alkyl carbamates (subject to hydrolysis) is 1. The number of rotatable bonds is 6. The Bertz CT molecular complexity index is 469. The Balaban J connectivity index is 2.31. The Morgan fingerprint density at radius 3 is 2.60 bits per heavy atom. The zero-order valence-corrected chi connectivity index (χ0v) is 11.8. The predicted molar refractivity (Wildman–Crippen MR) is 77.1 cm³/mol. The maximum atomic E-state index is 11.4. The molecule has 0 aliphatic heterocycles. The zero-order valence-electron chi connectivity index (χ0n) is 11.8. The fourth-order valence-electron chi connectivity index (χ4n) is 1.60. The van der Waals surface area contributed by atoms with Crippen molar-refractivity contribution in [1.29, 1.82) is 0 Å². The Labute approximate surface area is 119 Å². The lowest BCUT2D eigenvalue weighted by Gasteiger charge is -2.07. The summed E-state index contributed by atoms with van der Waals surface area (Å²) in [6.07, 6.45) is 1.47. The molecule has 1 rings (SSSR count). The Morgan fingerprint density at radius 1 is 1.25 bits per heavy atom. The van der Waals surface area contributed by atoms with Crippen molar-refractivity contribution in [2.24, 2.45) is 0 Å². The lowest BCUT2D eigenvalue weighted by molar-refractivity contribution is -0.115. The molecule has 5 nitrogen and oxygen atoms in total. The van der Waals surface area contributed by atoms with Gasteiger partial charge in [0.05, 0.1) is 6.61 Å². The van der Waals surface area contributed by atoms with E-state index in [1.165, 1.54) is 11.6 Å². The Morgan fingerprint density at radius 2 is 1.95 bits per heavy atom. The minimum Gasteiger partial charge on any atom is -0.450 e. The van der Waals surface area contributed by atoms with Crippen LogP contribution in [-0.4, -0.2) is 25.2 Å². The fraction of sp³-hybridized carbons (Fsp3) is 0.333. The van der Waals surface area contributed by atoms with E-state index in [-0.39, 0.29) is 6.61 Å². The summed E-state index contributed by atoms with van der Waals surface area (Å²) in [7, 11) is 0. The summed E-state index contributed by atoms with van der Waals surface area (Å²) < 4.78 is 4.61. The minimum absolute atomic E-state index is 0.233. The molecule has 0 aliphatic rings. The molecule has 108 valence electrons. The van der Waals surface area contributed by atoms with Crippen LogP contribution in [-0.2, 0) is 16.0 Å². The minimum atomic E-state index is -0.731. The first kappa shape index (κ1) is 15.8. The van der Waals surface area contributed by atoms with Gasteiger partial charge in [0.15, 0.2) is 0 Å². The van der Waals surface area contributed by atoms with Crippen LogP contribution in [0.4, 0.5) is 4.79 Å². The molecule has 0 radical (unpaired) electrons. The van der Waals surface area contributed by atoms with Crippen molar-refractivity contribution in [2.75, 3.05) is 13.2 Å². The van der Waals surface area contributed by atoms with Crippen LogP contribution in [0.25, 0.3) is 0 Å². The quantitative estimate of drug-likeness (QED) is 0.780. The van der Waals surface area contributed by atoms with E-state index in [0.717, 1.165) is 13.0 Å². The van der Waals surface area contributed by atoms with Crippen molar-refractivity contribution in [3.63, 3.8) is 0 Å². The maximum Gasteiger partial charge on any atom is 0.414 e. The monoisotopic (exact) mass is 276 g/mol. The van der Waals surface area contributed by atoms with Gasteiger partial charge in [0.2, 0.25) is 0 Å². The number of imide groups is 1. The van der Waals surface area contributed by atoms with Gasteiger partial charge < -0.3 is 10.1 Å². The van der Waals surface area contributed by atoms with Crippen molar-refractivity contribution < 1.29 is 14.3 Å². The molecule has 0 saturated heterocycles. The molecule has 1 aromatic carbocycles. The third-order valence-corrected chi connectivity index (χ3v) is 2.51. The van der Waals surface area contributed by atoms with E-state index in [1.807, 2.05) is 30.3 Å². The summed E-state index contributed by atoms with van der Waals surface area (Å²) in [5.41, 5.74) is 1.92. The average molecular weight is 276 g/mol. The molecule has 2 amide bonds. The van der Waals surface area contributed by atoms with E-state index in [4.69, 9.17) is 0 Å². The van der Waals surface area contributed by atoms with Crippen LogP contribution in [0, 0.1) is 0 Å². The normalized spacial score (nSPS) is 10.8. The first-order valence-corrected chi connectivity index (χ1v) is 6.55. The first-order valence-electron chi connectivity index (χ1n) is 6.55. The number of carbonyl (C=O) groups excluding carboxylic acids is 2. The van der Waals surface area contributed by atoms with Gasteiger partial charge in [0.1, 0.15) is 0 Å². The number of benzene rings is 1. The molecule has 1 aromatic rings. The Kier molecular flexibility index (Phi) is 6.89. The average Bonchev–Trinajstić information content (AvgIpc) is 2.39. The van der Waals surface area contributed by atoms with Crippen LogP contribution in [0.3, 0.4) is 0 Å². The lowest BCUT2D eigenvalue weighted by atomic mass is 10.1. The number of allylic oxidation sites excluding steroid dienone is 1. The maximum absolute atomic E-state index is 11.4. The third-order valence-electron chi connectivity index (χ3n) is 2.51. The smallest absolute Gasteiger partial charge is 0.414 e. The predicted octanol–water partition coefficient (Wildman–Crippen LogP) is 2.00. The standard InChI is InChI=1S/C15H20N2O3/c1-3-20-15(19)17-14(18)11-12(2)16-10-9-13-7-5-4-6-8-13/h4-8,11,16H,3,9-10H2,1-2H3,(H,17,18,19)/b12-11-. The van der Waals surface area contributed by atoms with Gasteiger partial charge in [0.25, 0.3) is 5.91 Å². The molecule has 0 aliphatic carbocycles. The van der Waals surface area contributed by atoms with Gasteiger partial charge in [-0.25, -0.2) is 4.79 Å². The molecule has 0 unspecified atom stereocenters. The van der Waals surface area contributed by atoms with Crippen LogP contribution in [0.2, 0.25) is 0 Å². The van der Waals surface area contributed by atoms with Crippen molar-refractivity contribution in [3.8, 4) is 0 Å². The number of hydrogen-bond acceptors (Lipinski definition) is 4. The molecule has 0 heterocycles. The number of nitrogens with one attached hydrogen (secondary N) is 2. The topological polar surface area (TPSA) is 67.4 Å². The molecule has 2 N–H and O–H groups in total. The lowest BCUT2D eigenvalue weighted by Crippen LogP contribution is -2.30. The molecule has 0 spiro atoms. The van der Waals surface area contributed by atoms with E-state index in [1.54, 1.807) is 13.8 Å². The van der Waals surface area contributed by atoms with Crippen molar-refractivity contribution in [2.45, 2.75) is 20.3 Å². The second-order valence-electron chi connectivity index (χ2n) is 4.20. The largest absolute Gasteiger partial charge is 0.450 e. The molecule has 5 heteroatoms. The first-order chi connectivity index (χ1) is 9.61. The van der Waals surface area contributed by atoms with Gasteiger partial charge in [0, 0.05) is 18.3 Å². The van der Waals surface area contributed by atoms with Gasteiger partial charge in [-0.2, -0.15) is 0 Å². The molecular formula is C15H20N2O3. The Hall–Kier alpha value is -2.30. The summed E-state index contributed by atoms with van der Waals surface area (Å²) in [6.45, 7) is 4.40. The highest BCUT2D eigenvalue weighted by molar-refractivity contribution is 5.98. The van der Waals surface area contributed by atoms with E-state index in [9.17, 15) is 9.59 Å². The summed E-state index contributed by atoms with van der Waals surface area (Å²) in [5.74, 6) is -0.492. The number of hydrogen-bond donors (Lipinski definition) is 2. The van der Waals surface area contributed by atoms with Crippen molar-refractivity contribution in [3.05, 3.63) is 47.7 Å². The molecular weight excluding hydrogens is 256 g/mol. The van der Waals surface area contributed by atoms with E-state index in [2.05, 4.69) is 15.4 Å². The molecule has 0 fully saturated rings. The summed E-state index contributed by atoms with van der Waals surface area (Å²) >= 11 is 0. The van der Waals surface area contributed by atoms with Gasteiger partial charge in [-0.05, 0) is 25.8 Å². The second kappa shape index (κ2) is 8.74. The van der Waals surface area contributed by atoms with E-state index < -0.39 is 12.0 Å². The van der Waals surface area contributed by atoms with Gasteiger partial charge in [-0.3, -0.25) is 10.1 Å². The summed E-state index contributed by atoms with van der Waals surface area (Å²) in [4.78, 5) is 22.5. The van der Waals surface area contributed by atoms with Crippen molar-refractivity contribution in [1.82, 2.24) is 10.6 Å². The highest BCUT2D eigenvalue weighted by Crippen LogP contribution is 1.99. The highest BCUT2D eigenvalue weighted by Gasteiger charge is 2.05. The van der Waals surface area contributed by atoms with E-state index in [0.29, 0.717) is 5.70 Å². The van der Waals surface area contributed by atoms with Crippen LogP contribution >= 0.6 is 0 Å². The molecule has 20 heavy (non-hydrogen) atoms. The van der Waals surface area contributed by atoms with Crippen LogP contribution in [0.1, 0.15) is 19.4 Å². The number of ether oxygens (including phenoxy) is 1. The van der Waals surface area contributed by atoms with Gasteiger partial charge in [-0.1, -0.05) is 30.3 Å².